The summed E-state index contributed by atoms with van der Waals surface area (Å²) in [6.45, 7) is 0.685. The summed E-state index contributed by atoms with van der Waals surface area (Å²) in [6, 6.07) is 12.5. The molecule has 3 rings (SSSR count). The number of rotatable bonds is 2. The lowest BCUT2D eigenvalue weighted by molar-refractivity contribution is 0.0760. The largest absolute Gasteiger partial charge is 0.322 e. The maximum Gasteiger partial charge on any atom is 0.255 e. The number of halogens is 3. The predicted molar refractivity (Wildman–Crippen MR) is 94.1 cm³/mol. The lowest BCUT2D eigenvalue weighted by Gasteiger charge is -2.24. The Morgan fingerprint density at radius 3 is 2.45 bits per heavy atom. The number of carbonyl (C=O) groups excluding carboxylic acids is 1. The maximum absolute atomic E-state index is 12.8. The second-order valence-corrected chi connectivity index (χ2v) is 7.43. The van der Waals surface area contributed by atoms with Crippen LogP contribution in [-0.4, -0.2) is 23.1 Å². The molecular weight excluding hydrogens is 361 g/mol. The van der Waals surface area contributed by atoms with Crippen LogP contribution in [-0.2, 0) is 0 Å². The number of hydrogen-bond acceptors (Lipinski definition) is 2. The lowest BCUT2D eigenvalue weighted by Crippen LogP contribution is -2.30. The molecule has 1 fully saturated rings. The van der Waals surface area contributed by atoms with E-state index in [0.29, 0.717) is 27.2 Å². The second-order valence-electron chi connectivity index (χ2n) is 4.93. The van der Waals surface area contributed by atoms with E-state index in [2.05, 4.69) is 0 Å². The molecule has 2 aromatic carbocycles. The zero-order valence-corrected chi connectivity index (χ0v) is 14.5. The van der Waals surface area contributed by atoms with Crippen LogP contribution in [0.5, 0.6) is 0 Å². The highest BCUT2D eigenvalue weighted by Gasteiger charge is 2.31. The molecule has 1 atom stereocenters. The molecule has 0 N–H and O–H groups in total. The Balaban J connectivity index is 1.91. The van der Waals surface area contributed by atoms with E-state index in [1.165, 1.54) is 0 Å². The van der Waals surface area contributed by atoms with Crippen LogP contribution in [0.3, 0.4) is 0 Å². The molecule has 1 aliphatic rings. The van der Waals surface area contributed by atoms with Gasteiger partial charge in [-0.05, 0) is 35.9 Å². The molecule has 0 aromatic heterocycles. The van der Waals surface area contributed by atoms with Crippen molar-refractivity contribution in [2.45, 2.75) is 5.37 Å². The van der Waals surface area contributed by atoms with Crippen molar-refractivity contribution in [2.24, 2.45) is 0 Å². The summed E-state index contributed by atoms with van der Waals surface area (Å²) >= 11 is 19.8. The third-order valence-corrected chi connectivity index (χ3v) is 5.33. The Labute approximate surface area is 148 Å². The molecule has 1 heterocycles. The number of carbonyl (C=O) groups is 1. The third kappa shape index (κ3) is 3.38. The normalized spacial score (nSPS) is 17.8. The van der Waals surface area contributed by atoms with Gasteiger partial charge in [0.2, 0.25) is 0 Å². The van der Waals surface area contributed by atoms with Crippen molar-refractivity contribution in [3.8, 4) is 0 Å². The van der Waals surface area contributed by atoms with Gasteiger partial charge in [-0.2, -0.15) is 0 Å². The Hall–Kier alpha value is -0.870. The van der Waals surface area contributed by atoms with Crippen LogP contribution in [0.2, 0.25) is 15.1 Å². The molecule has 22 heavy (non-hydrogen) atoms. The molecule has 2 nitrogen and oxygen atoms in total. The molecule has 1 amide bonds. The van der Waals surface area contributed by atoms with Gasteiger partial charge in [0.15, 0.2) is 0 Å². The number of thioether (sulfide) groups is 1. The first-order valence-corrected chi connectivity index (χ1v) is 8.87. The van der Waals surface area contributed by atoms with E-state index in [4.69, 9.17) is 34.8 Å². The van der Waals surface area contributed by atoms with Crippen LogP contribution in [0.1, 0.15) is 21.3 Å². The molecule has 1 aliphatic heterocycles. The minimum Gasteiger partial charge on any atom is -0.322 e. The summed E-state index contributed by atoms with van der Waals surface area (Å²) in [5.74, 6) is 0.816. The summed E-state index contributed by atoms with van der Waals surface area (Å²) in [7, 11) is 0. The minimum atomic E-state index is -0.0700. The molecule has 114 valence electrons. The van der Waals surface area contributed by atoms with Crippen molar-refractivity contribution < 1.29 is 4.79 Å². The minimum absolute atomic E-state index is 0.0380. The molecule has 0 aliphatic carbocycles. The van der Waals surface area contributed by atoms with Gasteiger partial charge in [-0.25, -0.2) is 0 Å². The van der Waals surface area contributed by atoms with E-state index in [9.17, 15) is 4.79 Å². The zero-order chi connectivity index (χ0) is 15.7. The Bertz CT molecular complexity index is 702. The lowest BCUT2D eigenvalue weighted by atomic mass is 10.1. The summed E-state index contributed by atoms with van der Waals surface area (Å²) in [4.78, 5) is 14.6. The topological polar surface area (TPSA) is 20.3 Å². The smallest absolute Gasteiger partial charge is 0.255 e. The van der Waals surface area contributed by atoms with Crippen LogP contribution in [0.4, 0.5) is 0 Å². The number of nitrogens with zero attached hydrogens (tertiary/aromatic N) is 1. The standard InChI is InChI=1S/C16H12Cl3NOS/c17-12-3-1-2-10(6-12)16-20(4-5-22-16)15(21)11-7-13(18)9-14(19)8-11/h1-3,6-9,16H,4-5H2/t16-/m1/s1. The molecule has 0 spiro atoms. The van der Waals surface area contributed by atoms with Crippen LogP contribution >= 0.6 is 46.6 Å². The van der Waals surface area contributed by atoms with E-state index in [-0.39, 0.29) is 11.3 Å². The molecule has 1 saturated heterocycles. The SMILES string of the molecule is O=C(c1cc(Cl)cc(Cl)c1)N1CCS[C@@H]1c1cccc(Cl)c1. The van der Waals surface area contributed by atoms with Gasteiger partial charge < -0.3 is 4.90 Å². The van der Waals surface area contributed by atoms with Crippen LogP contribution in [0, 0.1) is 0 Å². The molecular formula is C16H12Cl3NOS. The Morgan fingerprint density at radius 1 is 1.05 bits per heavy atom. The van der Waals surface area contributed by atoms with Crippen molar-refractivity contribution in [3.63, 3.8) is 0 Å². The molecule has 0 saturated carbocycles. The van der Waals surface area contributed by atoms with E-state index >= 15 is 0 Å². The highest BCUT2D eigenvalue weighted by molar-refractivity contribution is 7.99. The van der Waals surface area contributed by atoms with Crippen LogP contribution in [0.25, 0.3) is 0 Å². The summed E-state index contributed by atoms with van der Waals surface area (Å²) in [6.07, 6.45) is 0. The summed E-state index contributed by atoms with van der Waals surface area (Å²) in [5.41, 5.74) is 1.53. The van der Waals surface area contributed by atoms with E-state index < -0.39 is 0 Å². The first-order chi connectivity index (χ1) is 10.5. The maximum atomic E-state index is 12.8. The van der Waals surface area contributed by atoms with Crippen molar-refractivity contribution in [1.29, 1.82) is 0 Å². The van der Waals surface area contributed by atoms with Gasteiger partial charge in [0.25, 0.3) is 5.91 Å². The van der Waals surface area contributed by atoms with Crippen LogP contribution in [0.15, 0.2) is 42.5 Å². The number of hydrogen-bond donors (Lipinski definition) is 0. The van der Waals surface area contributed by atoms with Gasteiger partial charge in [-0.1, -0.05) is 46.9 Å². The van der Waals surface area contributed by atoms with E-state index in [1.54, 1.807) is 30.0 Å². The monoisotopic (exact) mass is 371 g/mol. The third-order valence-electron chi connectivity index (χ3n) is 3.40. The van der Waals surface area contributed by atoms with Gasteiger partial charge in [0.05, 0.1) is 0 Å². The highest BCUT2D eigenvalue weighted by atomic mass is 35.5. The van der Waals surface area contributed by atoms with E-state index in [0.717, 1.165) is 11.3 Å². The summed E-state index contributed by atoms with van der Waals surface area (Å²) < 4.78 is 0. The van der Waals surface area contributed by atoms with Crippen molar-refractivity contribution in [2.75, 3.05) is 12.3 Å². The predicted octanol–water partition coefficient (Wildman–Crippen LogP) is 5.53. The molecule has 0 unspecified atom stereocenters. The molecule has 0 radical (unpaired) electrons. The van der Waals surface area contributed by atoms with Crippen molar-refractivity contribution in [3.05, 3.63) is 68.7 Å². The Kier molecular flexibility index (Phi) is 4.88. The first-order valence-electron chi connectivity index (χ1n) is 6.69. The Morgan fingerprint density at radius 2 is 1.77 bits per heavy atom. The number of benzene rings is 2. The van der Waals surface area contributed by atoms with E-state index in [1.807, 2.05) is 29.2 Å². The fraction of sp³-hybridized carbons (Fsp3) is 0.188. The van der Waals surface area contributed by atoms with Gasteiger partial charge in [-0.3, -0.25) is 4.79 Å². The molecule has 6 heteroatoms. The van der Waals surface area contributed by atoms with Gasteiger partial charge >= 0.3 is 0 Å². The van der Waals surface area contributed by atoms with Crippen molar-refractivity contribution >= 4 is 52.5 Å². The number of amides is 1. The van der Waals surface area contributed by atoms with Gasteiger partial charge in [-0.15, -0.1) is 11.8 Å². The average Bonchev–Trinajstić information content (AvgIpc) is 2.94. The fourth-order valence-corrected chi connectivity index (χ4v) is 4.43. The quantitative estimate of drug-likeness (QED) is 0.690. The average molecular weight is 373 g/mol. The molecule has 0 bridgehead atoms. The second kappa shape index (κ2) is 6.71. The zero-order valence-electron chi connectivity index (χ0n) is 11.4. The summed E-state index contributed by atoms with van der Waals surface area (Å²) in [5, 5.41) is 1.55. The molecule has 2 aromatic rings. The van der Waals surface area contributed by atoms with Crippen LogP contribution < -0.4 is 0 Å². The fourth-order valence-electron chi connectivity index (χ4n) is 2.46. The van der Waals surface area contributed by atoms with Gasteiger partial charge in [0, 0.05) is 32.9 Å². The highest BCUT2D eigenvalue weighted by Crippen LogP contribution is 2.39. The van der Waals surface area contributed by atoms with Gasteiger partial charge in [0.1, 0.15) is 5.37 Å². The first kappa shape index (κ1) is 16.0. The van der Waals surface area contributed by atoms with Crippen molar-refractivity contribution in [1.82, 2.24) is 4.90 Å².